The van der Waals surface area contributed by atoms with Crippen molar-refractivity contribution in [2.24, 2.45) is 0 Å². The number of methoxy groups -OCH3 is 1. The number of aryl methyl sites for hydroxylation is 1. The van der Waals surface area contributed by atoms with Crippen molar-refractivity contribution in [3.05, 3.63) is 48.2 Å². The van der Waals surface area contributed by atoms with Crippen molar-refractivity contribution in [1.82, 2.24) is 14.5 Å². The van der Waals surface area contributed by atoms with Gasteiger partial charge in [-0.25, -0.2) is 4.98 Å². The average Bonchev–Trinajstić information content (AvgIpc) is 3.20. The first-order chi connectivity index (χ1) is 12.6. The third kappa shape index (κ3) is 2.63. The van der Waals surface area contributed by atoms with E-state index in [0.29, 0.717) is 12.5 Å². The minimum atomic E-state index is -0.00113. The summed E-state index contributed by atoms with van der Waals surface area (Å²) in [5.74, 6) is 1.48. The molecule has 0 aliphatic carbocycles. The molecule has 1 aliphatic rings. The molecular weight excluding hydrogens is 328 g/mol. The summed E-state index contributed by atoms with van der Waals surface area (Å²) in [5, 5.41) is 0. The Kier molecular flexibility index (Phi) is 3.95. The van der Waals surface area contributed by atoms with Crippen LogP contribution in [-0.4, -0.2) is 34.1 Å². The molecule has 6 nitrogen and oxygen atoms in total. The lowest BCUT2D eigenvalue weighted by molar-refractivity contribution is -0.116. The Morgan fingerprint density at radius 2 is 1.85 bits per heavy atom. The van der Waals surface area contributed by atoms with E-state index in [1.165, 1.54) is 0 Å². The average molecular weight is 348 g/mol. The zero-order valence-electron chi connectivity index (χ0n) is 15.1. The quantitative estimate of drug-likeness (QED) is 0.729. The second kappa shape index (κ2) is 6.29. The fourth-order valence-corrected chi connectivity index (χ4v) is 3.35. The van der Waals surface area contributed by atoms with Crippen molar-refractivity contribution in [2.45, 2.75) is 20.4 Å². The molecule has 0 fully saturated rings. The van der Waals surface area contributed by atoms with Crippen LogP contribution in [0.5, 0.6) is 5.75 Å². The fourth-order valence-electron chi connectivity index (χ4n) is 3.35. The molecular formula is C20H20N4O2. The Morgan fingerprint density at radius 3 is 2.50 bits per heavy atom. The number of rotatable bonds is 3. The maximum Gasteiger partial charge on any atom is 0.226 e. The zero-order chi connectivity index (χ0) is 18.3. The van der Waals surface area contributed by atoms with Gasteiger partial charge in [0.2, 0.25) is 11.9 Å². The second-order valence-electron chi connectivity index (χ2n) is 6.32. The Bertz CT molecular complexity index is 976. The predicted molar refractivity (Wildman–Crippen MR) is 100 cm³/mol. The van der Waals surface area contributed by atoms with Crippen molar-refractivity contribution in [2.75, 3.05) is 18.6 Å². The Labute approximate surface area is 152 Å². The number of aromatic nitrogens is 3. The maximum atomic E-state index is 12.0. The second-order valence-corrected chi connectivity index (χ2v) is 6.32. The minimum Gasteiger partial charge on any atom is -0.497 e. The van der Waals surface area contributed by atoms with Gasteiger partial charge in [-0.05, 0) is 43.3 Å². The summed E-state index contributed by atoms with van der Waals surface area (Å²) >= 11 is 0. The van der Waals surface area contributed by atoms with Crippen molar-refractivity contribution >= 4 is 11.9 Å². The lowest BCUT2D eigenvalue weighted by Gasteiger charge is -2.09. The van der Waals surface area contributed by atoms with Crippen LogP contribution in [0.25, 0.3) is 22.6 Å². The highest BCUT2D eigenvalue weighted by atomic mass is 16.5. The first-order valence-electron chi connectivity index (χ1n) is 8.55. The van der Waals surface area contributed by atoms with Gasteiger partial charge in [-0.15, -0.1) is 0 Å². The Morgan fingerprint density at radius 1 is 1.08 bits per heavy atom. The van der Waals surface area contributed by atoms with Crippen molar-refractivity contribution < 1.29 is 9.53 Å². The molecule has 2 aromatic heterocycles. The van der Waals surface area contributed by atoms with Gasteiger partial charge in [-0.2, -0.15) is 0 Å². The van der Waals surface area contributed by atoms with Gasteiger partial charge in [0.15, 0.2) is 0 Å². The standard InChI is InChI=1S/C20H20N4O2/c1-13-5-4-6-17(21-13)18-19(15-7-9-16(26-3)10-8-15)24-12-11-23(14(2)25)20(24)22-18/h4-10H,11-12H2,1-3H3. The molecule has 1 aliphatic heterocycles. The topological polar surface area (TPSA) is 60.3 Å². The van der Waals surface area contributed by atoms with Crippen LogP contribution in [0.15, 0.2) is 42.5 Å². The molecule has 0 unspecified atom stereocenters. The number of nitrogens with zero attached hydrogens (tertiary/aromatic N) is 4. The molecule has 0 radical (unpaired) electrons. The summed E-state index contributed by atoms with van der Waals surface area (Å²) in [5.41, 5.74) is 4.53. The van der Waals surface area contributed by atoms with Crippen LogP contribution in [0.4, 0.5) is 5.95 Å². The van der Waals surface area contributed by atoms with E-state index in [9.17, 15) is 4.79 Å². The maximum absolute atomic E-state index is 12.0. The van der Waals surface area contributed by atoms with Crippen LogP contribution in [0, 0.1) is 6.92 Å². The van der Waals surface area contributed by atoms with E-state index in [-0.39, 0.29) is 5.91 Å². The number of anilines is 1. The molecule has 3 heterocycles. The van der Waals surface area contributed by atoms with Crippen LogP contribution < -0.4 is 9.64 Å². The zero-order valence-corrected chi connectivity index (χ0v) is 15.1. The first-order valence-corrected chi connectivity index (χ1v) is 8.55. The molecule has 26 heavy (non-hydrogen) atoms. The lowest BCUT2D eigenvalue weighted by Crippen LogP contribution is -2.26. The van der Waals surface area contributed by atoms with Gasteiger partial charge in [-0.3, -0.25) is 14.7 Å². The number of carbonyl (C=O) groups excluding carboxylic acids is 1. The van der Waals surface area contributed by atoms with Gasteiger partial charge >= 0.3 is 0 Å². The van der Waals surface area contributed by atoms with E-state index >= 15 is 0 Å². The summed E-state index contributed by atoms with van der Waals surface area (Å²) < 4.78 is 7.37. The summed E-state index contributed by atoms with van der Waals surface area (Å²) in [6.07, 6.45) is 0. The fraction of sp³-hybridized carbons (Fsp3) is 0.250. The van der Waals surface area contributed by atoms with E-state index < -0.39 is 0 Å². The Hall–Kier alpha value is -3.15. The summed E-state index contributed by atoms with van der Waals surface area (Å²) in [4.78, 5) is 23.1. The van der Waals surface area contributed by atoms with Crippen LogP contribution in [0.3, 0.4) is 0 Å². The molecule has 0 saturated heterocycles. The number of carbonyl (C=O) groups is 1. The van der Waals surface area contributed by atoms with Crippen LogP contribution in [0.1, 0.15) is 12.6 Å². The molecule has 132 valence electrons. The monoisotopic (exact) mass is 348 g/mol. The molecule has 0 bridgehead atoms. The van der Waals surface area contributed by atoms with Gasteiger partial charge in [0.25, 0.3) is 0 Å². The molecule has 4 rings (SSSR count). The number of fused-ring (bicyclic) bond motifs is 1. The van der Waals surface area contributed by atoms with Gasteiger partial charge < -0.3 is 9.30 Å². The predicted octanol–water partition coefficient (Wildman–Crippen LogP) is 3.30. The largest absolute Gasteiger partial charge is 0.497 e. The van der Waals surface area contributed by atoms with Gasteiger partial charge in [0.05, 0.1) is 18.5 Å². The third-order valence-corrected chi connectivity index (χ3v) is 4.61. The highest BCUT2D eigenvalue weighted by molar-refractivity contribution is 5.92. The van der Waals surface area contributed by atoms with E-state index in [1.54, 1.807) is 18.9 Å². The minimum absolute atomic E-state index is 0.00113. The summed E-state index contributed by atoms with van der Waals surface area (Å²) in [6, 6.07) is 13.8. The summed E-state index contributed by atoms with van der Waals surface area (Å²) in [7, 11) is 1.65. The van der Waals surface area contributed by atoms with E-state index in [1.807, 2.05) is 49.4 Å². The van der Waals surface area contributed by atoms with E-state index in [2.05, 4.69) is 9.55 Å². The van der Waals surface area contributed by atoms with Crippen LogP contribution in [-0.2, 0) is 11.3 Å². The molecule has 1 amide bonds. The molecule has 0 atom stereocenters. The summed E-state index contributed by atoms with van der Waals surface area (Å²) in [6.45, 7) is 4.89. The molecule has 0 spiro atoms. The molecule has 3 aromatic rings. The van der Waals surface area contributed by atoms with E-state index in [0.717, 1.165) is 40.6 Å². The number of imidazole rings is 1. The number of ether oxygens (including phenoxy) is 1. The van der Waals surface area contributed by atoms with Crippen LogP contribution in [0.2, 0.25) is 0 Å². The molecule has 6 heteroatoms. The number of amides is 1. The van der Waals surface area contributed by atoms with Gasteiger partial charge in [0.1, 0.15) is 11.4 Å². The number of hydrogen-bond acceptors (Lipinski definition) is 4. The lowest BCUT2D eigenvalue weighted by atomic mass is 10.1. The van der Waals surface area contributed by atoms with Crippen LogP contribution >= 0.6 is 0 Å². The SMILES string of the molecule is COc1ccc(-c2c(-c3cccc(C)n3)nc3n2CCN3C(C)=O)cc1. The highest BCUT2D eigenvalue weighted by Gasteiger charge is 2.30. The van der Waals surface area contributed by atoms with Gasteiger partial charge in [-0.1, -0.05) is 6.07 Å². The first kappa shape index (κ1) is 16.3. The number of pyridine rings is 1. The van der Waals surface area contributed by atoms with Crippen molar-refractivity contribution in [3.63, 3.8) is 0 Å². The molecule has 1 aromatic carbocycles. The third-order valence-electron chi connectivity index (χ3n) is 4.61. The smallest absolute Gasteiger partial charge is 0.226 e. The highest BCUT2D eigenvalue weighted by Crippen LogP contribution is 2.38. The van der Waals surface area contributed by atoms with Crippen molar-refractivity contribution in [3.8, 4) is 28.4 Å². The molecule has 0 saturated carbocycles. The number of hydrogen-bond donors (Lipinski definition) is 0. The van der Waals surface area contributed by atoms with Gasteiger partial charge in [0, 0.05) is 31.3 Å². The normalized spacial score (nSPS) is 13.0. The number of benzene rings is 1. The Balaban J connectivity index is 1.93. The van der Waals surface area contributed by atoms with E-state index in [4.69, 9.17) is 9.72 Å². The van der Waals surface area contributed by atoms with Crippen molar-refractivity contribution in [1.29, 1.82) is 0 Å². The molecule has 0 N–H and O–H groups in total.